The summed E-state index contributed by atoms with van der Waals surface area (Å²) in [6.07, 6.45) is 1.26. The maximum Gasteiger partial charge on any atom is 0.272 e. The van der Waals surface area contributed by atoms with E-state index < -0.39 is 5.82 Å². The molecule has 0 saturated carbocycles. The van der Waals surface area contributed by atoms with E-state index in [4.69, 9.17) is 0 Å². The number of carbonyl (C=O) groups excluding carboxylic acids is 2. The zero-order valence-electron chi connectivity index (χ0n) is 23.7. The molecule has 1 aliphatic rings. The lowest BCUT2D eigenvalue weighted by atomic mass is 10.1. The van der Waals surface area contributed by atoms with Crippen molar-refractivity contribution in [2.45, 2.75) is 25.9 Å². The van der Waals surface area contributed by atoms with Crippen LogP contribution in [-0.2, 0) is 0 Å². The zero-order valence-corrected chi connectivity index (χ0v) is 23.7. The fraction of sp³-hybridized carbons (Fsp3) is 0.176. The van der Waals surface area contributed by atoms with Crippen molar-refractivity contribution in [1.29, 1.82) is 0 Å². The van der Waals surface area contributed by atoms with Crippen molar-refractivity contribution in [2.75, 3.05) is 33.9 Å². The molecule has 218 valence electrons. The van der Waals surface area contributed by atoms with E-state index in [0.29, 0.717) is 28.3 Å². The van der Waals surface area contributed by atoms with E-state index in [2.05, 4.69) is 25.8 Å². The molecule has 9 heteroatoms. The number of halogens is 1. The van der Waals surface area contributed by atoms with Crippen LogP contribution in [0.25, 0.3) is 10.9 Å². The molecule has 4 aromatic carbocycles. The highest BCUT2D eigenvalue weighted by molar-refractivity contribution is 6.06. The van der Waals surface area contributed by atoms with Gasteiger partial charge in [0.05, 0.1) is 11.8 Å². The van der Waals surface area contributed by atoms with Crippen LogP contribution in [0.2, 0.25) is 0 Å². The predicted molar refractivity (Wildman–Crippen MR) is 169 cm³/mol. The number of aromatic amines is 1. The first-order valence-corrected chi connectivity index (χ1v) is 14.2. The largest absolute Gasteiger partial charge is 0.393 e. The van der Waals surface area contributed by atoms with Crippen molar-refractivity contribution in [3.8, 4) is 0 Å². The Kier molecular flexibility index (Phi) is 7.81. The van der Waals surface area contributed by atoms with Gasteiger partial charge in [-0.1, -0.05) is 11.6 Å². The summed E-state index contributed by atoms with van der Waals surface area (Å²) in [5.41, 5.74) is 5.75. The molecular formula is C34H32FN5O3. The average molecular weight is 578 g/mol. The second-order valence-corrected chi connectivity index (χ2v) is 10.8. The molecule has 43 heavy (non-hydrogen) atoms. The third-order valence-electron chi connectivity index (χ3n) is 7.63. The molecule has 8 nitrogen and oxygen atoms in total. The summed E-state index contributed by atoms with van der Waals surface area (Å²) in [6.45, 7) is 3.58. The maximum absolute atomic E-state index is 14.9. The number of nitrogens with one attached hydrogen (secondary N) is 4. The Morgan fingerprint density at radius 1 is 0.814 bits per heavy atom. The number of piperidine rings is 1. The van der Waals surface area contributed by atoms with Crippen LogP contribution in [0.1, 0.15) is 39.3 Å². The van der Waals surface area contributed by atoms with Crippen molar-refractivity contribution in [3.63, 3.8) is 0 Å². The lowest BCUT2D eigenvalue weighted by Crippen LogP contribution is -2.35. The SMILES string of the molecule is Cc1ccc2[nH]c(C(=O)Nc3ccc(Nc4ccc(NC(=O)c5ccc(N6CCC(O)CC6)cc5)cc4)c(F)c3)cc2c1. The molecule has 2 amide bonds. The molecule has 0 atom stereocenters. The Hall–Kier alpha value is -5.15. The summed E-state index contributed by atoms with van der Waals surface area (Å²) in [5, 5.41) is 19.3. The topological polar surface area (TPSA) is 109 Å². The molecular weight excluding hydrogens is 545 g/mol. The Balaban J connectivity index is 1.04. The van der Waals surface area contributed by atoms with Gasteiger partial charge in [-0.05, 0) is 105 Å². The number of fused-ring (bicyclic) bond motifs is 1. The van der Waals surface area contributed by atoms with Gasteiger partial charge in [0.15, 0.2) is 0 Å². The minimum atomic E-state index is -0.522. The van der Waals surface area contributed by atoms with Gasteiger partial charge < -0.3 is 30.9 Å². The minimum Gasteiger partial charge on any atom is -0.393 e. The summed E-state index contributed by atoms with van der Waals surface area (Å²) < 4.78 is 14.9. The molecule has 0 bridgehead atoms. The van der Waals surface area contributed by atoms with E-state index in [-0.39, 0.29) is 23.6 Å². The number of anilines is 5. The van der Waals surface area contributed by atoms with Crippen molar-refractivity contribution < 1.29 is 19.1 Å². The Labute approximate surface area is 248 Å². The van der Waals surface area contributed by atoms with E-state index in [1.165, 1.54) is 6.07 Å². The normalized spacial score (nSPS) is 13.6. The molecule has 5 N–H and O–H groups in total. The number of amides is 2. The van der Waals surface area contributed by atoms with E-state index >= 15 is 0 Å². The first-order valence-electron chi connectivity index (χ1n) is 14.2. The van der Waals surface area contributed by atoms with Gasteiger partial charge in [0.2, 0.25) is 0 Å². The van der Waals surface area contributed by atoms with E-state index in [1.807, 2.05) is 37.3 Å². The van der Waals surface area contributed by atoms with E-state index in [0.717, 1.165) is 48.1 Å². The first-order chi connectivity index (χ1) is 20.8. The molecule has 6 rings (SSSR count). The lowest BCUT2D eigenvalue weighted by Gasteiger charge is -2.31. The number of benzene rings is 4. The molecule has 1 aliphatic heterocycles. The molecule has 0 radical (unpaired) electrons. The smallest absolute Gasteiger partial charge is 0.272 e. The minimum absolute atomic E-state index is 0.229. The highest BCUT2D eigenvalue weighted by Crippen LogP contribution is 2.26. The summed E-state index contributed by atoms with van der Waals surface area (Å²) >= 11 is 0. The van der Waals surface area contributed by atoms with E-state index in [1.54, 1.807) is 54.6 Å². The van der Waals surface area contributed by atoms with Crippen LogP contribution in [0.4, 0.5) is 32.8 Å². The predicted octanol–water partition coefficient (Wildman–Crippen LogP) is 6.82. The average Bonchev–Trinajstić information content (AvgIpc) is 3.43. The Bertz CT molecular complexity index is 1770. The highest BCUT2D eigenvalue weighted by atomic mass is 19.1. The molecule has 2 heterocycles. The molecule has 0 unspecified atom stereocenters. The number of H-pyrrole nitrogens is 1. The molecule has 0 aliphatic carbocycles. The van der Waals surface area contributed by atoms with Gasteiger partial charge in [-0.15, -0.1) is 0 Å². The van der Waals surface area contributed by atoms with Crippen molar-refractivity contribution in [1.82, 2.24) is 4.98 Å². The van der Waals surface area contributed by atoms with Crippen molar-refractivity contribution in [2.24, 2.45) is 0 Å². The number of rotatable bonds is 7. The second kappa shape index (κ2) is 12.0. The van der Waals surface area contributed by atoms with Gasteiger partial charge in [-0.2, -0.15) is 0 Å². The monoisotopic (exact) mass is 577 g/mol. The molecule has 5 aromatic rings. The van der Waals surface area contributed by atoms with Crippen molar-refractivity contribution in [3.05, 3.63) is 114 Å². The standard InChI is InChI=1S/C34H32FN5O3/c1-21-2-12-30-23(18-21)19-32(39-30)34(43)38-26-9-13-31(29(35)20-26)36-24-5-7-25(8-6-24)37-33(42)22-3-10-27(11-4-22)40-16-14-28(41)15-17-40/h2-13,18-20,28,36,39,41H,14-17H2,1H3,(H,37,42)(H,38,43). The van der Waals surface area contributed by atoms with Crippen LogP contribution in [-0.4, -0.2) is 41.1 Å². The number of aliphatic hydroxyl groups is 1. The number of aromatic nitrogens is 1. The fourth-order valence-corrected chi connectivity index (χ4v) is 5.21. The zero-order chi connectivity index (χ0) is 29.9. The number of aryl methyl sites for hydroxylation is 1. The van der Waals surface area contributed by atoms with Crippen LogP contribution >= 0.6 is 0 Å². The highest BCUT2D eigenvalue weighted by Gasteiger charge is 2.18. The van der Waals surface area contributed by atoms with Crippen LogP contribution in [0.3, 0.4) is 0 Å². The van der Waals surface area contributed by atoms with E-state index in [9.17, 15) is 19.1 Å². The number of carbonyl (C=O) groups is 2. The summed E-state index contributed by atoms with van der Waals surface area (Å²) in [6, 6.07) is 26.5. The summed E-state index contributed by atoms with van der Waals surface area (Å²) in [5.74, 6) is -1.11. The quantitative estimate of drug-likeness (QED) is 0.146. The van der Waals surface area contributed by atoms with Crippen LogP contribution < -0.4 is 20.9 Å². The van der Waals surface area contributed by atoms with Gasteiger partial charge in [-0.25, -0.2) is 4.39 Å². The molecule has 1 fully saturated rings. The third-order valence-corrected chi connectivity index (χ3v) is 7.63. The third kappa shape index (κ3) is 6.52. The molecule has 1 saturated heterocycles. The van der Waals surface area contributed by atoms with Crippen LogP contribution in [0, 0.1) is 12.7 Å². The fourth-order valence-electron chi connectivity index (χ4n) is 5.21. The van der Waals surface area contributed by atoms with Gasteiger partial charge in [0.1, 0.15) is 11.5 Å². The van der Waals surface area contributed by atoms with Crippen molar-refractivity contribution >= 4 is 51.2 Å². The number of nitrogens with zero attached hydrogens (tertiary/aromatic N) is 1. The lowest BCUT2D eigenvalue weighted by molar-refractivity contribution is 0.101. The van der Waals surface area contributed by atoms with Crippen LogP contribution in [0.5, 0.6) is 0 Å². The Morgan fingerprint density at radius 2 is 1.49 bits per heavy atom. The van der Waals surface area contributed by atoms with Gasteiger partial charge >= 0.3 is 0 Å². The summed E-state index contributed by atoms with van der Waals surface area (Å²) in [7, 11) is 0. The van der Waals surface area contributed by atoms with Gasteiger partial charge in [0.25, 0.3) is 11.8 Å². The second-order valence-electron chi connectivity index (χ2n) is 10.8. The first kappa shape index (κ1) is 28.0. The molecule has 0 spiro atoms. The summed E-state index contributed by atoms with van der Waals surface area (Å²) in [4.78, 5) is 30.8. The number of hydrogen-bond acceptors (Lipinski definition) is 5. The van der Waals surface area contributed by atoms with Gasteiger partial charge in [0, 0.05) is 52.3 Å². The molecule has 1 aromatic heterocycles. The van der Waals surface area contributed by atoms with Gasteiger partial charge in [-0.3, -0.25) is 9.59 Å². The van der Waals surface area contributed by atoms with Crippen LogP contribution in [0.15, 0.2) is 91.0 Å². The maximum atomic E-state index is 14.9. The number of hydrogen-bond donors (Lipinski definition) is 5. The number of aliphatic hydroxyl groups excluding tert-OH is 1. The Morgan fingerprint density at radius 3 is 2.21 bits per heavy atom.